The highest BCUT2D eigenvalue weighted by molar-refractivity contribution is 5.93. The molecule has 6 heteroatoms. The first kappa shape index (κ1) is 15.0. The van der Waals surface area contributed by atoms with Gasteiger partial charge >= 0.3 is 0 Å². The van der Waals surface area contributed by atoms with Gasteiger partial charge in [0.15, 0.2) is 0 Å². The second-order valence-electron chi connectivity index (χ2n) is 5.66. The maximum Gasteiger partial charge on any atom is 0.254 e. The van der Waals surface area contributed by atoms with E-state index in [4.69, 9.17) is 0 Å². The number of H-pyrrole nitrogens is 1. The van der Waals surface area contributed by atoms with Gasteiger partial charge in [-0.15, -0.1) is 0 Å². The topological polar surface area (TPSA) is 65.1 Å². The number of rotatable bonds is 4. The van der Waals surface area contributed by atoms with Gasteiger partial charge in [0.2, 0.25) is 0 Å². The maximum atomic E-state index is 11.9. The van der Waals surface area contributed by atoms with Crippen molar-refractivity contribution >= 4 is 22.8 Å². The normalized spacial score (nSPS) is 10.7. The molecule has 0 unspecified atom stereocenters. The SMILES string of the molecule is CN(C)C(=O)c1ccc(N(C)Cc2nc3ccccc3[nH]2)nc1. The summed E-state index contributed by atoms with van der Waals surface area (Å²) in [6.07, 6.45) is 1.60. The predicted molar refractivity (Wildman–Crippen MR) is 90.5 cm³/mol. The van der Waals surface area contributed by atoms with Crippen LogP contribution in [0, 0.1) is 0 Å². The summed E-state index contributed by atoms with van der Waals surface area (Å²) >= 11 is 0. The molecule has 0 aliphatic heterocycles. The van der Waals surface area contributed by atoms with Crippen molar-refractivity contribution in [3.8, 4) is 0 Å². The maximum absolute atomic E-state index is 11.9. The third kappa shape index (κ3) is 3.15. The highest BCUT2D eigenvalue weighted by atomic mass is 16.2. The highest BCUT2D eigenvalue weighted by Crippen LogP contribution is 2.15. The fourth-order valence-electron chi connectivity index (χ4n) is 2.38. The van der Waals surface area contributed by atoms with E-state index >= 15 is 0 Å². The number of fused-ring (bicyclic) bond motifs is 1. The van der Waals surface area contributed by atoms with E-state index in [1.807, 2.05) is 42.3 Å². The first-order valence-corrected chi connectivity index (χ1v) is 7.37. The van der Waals surface area contributed by atoms with E-state index in [0.29, 0.717) is 12.1 Å². The molecule has 1 amide bonds. The molecule has 2 heterocycles. The minimum atomic E-state index is -0.0519. The number of imidazole rings is 1. The number of para-hydroxylation sites is 2. The van der Waals surface area contributed by atoms with E-state index in [9.17, 15) is 4.79 Å². The standard InChI is InChI=1S/C17H19N5O/c1-21(2)17(23)12-8-9-16(18-10-12)22(3)11-15-19-13-6-4-5-7-14(13)20-15/h4-10H,11H2,1-3H3,(H,19,20). The van der Waals surface area contributed by atoms with Crippen LogP contribution in [0.15, 0.2) is 42.6 Å². The van der Waals surface area contributed by atoms with Gasteiger partial charge in [-0.1, -0.05) is 12.1 Å². The van der Waals surface area contributed by atoms with Crippen LogP contribution in [0.3, 0.4) is 0 Å². The minimum absolute atomic E-state index is 0.0519. The Morgan fingerprint density at radius 1 is 1.13 bits per heavy atom. The van der Waals surface area contributed by atoms with Gasteiger partial charge in [0.25, 0.3) is 5.91 Å². The number of hydrogen-bond acceptors (Lipinski definition) is 4. The monoisotopic (exact) mass is 309 g/mol. The Morgan fingerprint density at radius 2 is 1.91 bits per heavy atom. The summed E-state index contributed by atoms with van der Waals surface area (Å²) in [6.45, 7) is 0.614. The molecule has 3 rings (SSSR count). The smallest absolute Gasteiger partial charge is 0.254 e. The molecule has 0 bridgehead atoms. The van der Waals surface area contributed by atoms with E-state index in [1.54, 1.807) is 26.4 Å². The van der Waals surface area contributed by atoms with Crippen molar-refractivity contribution < 1.29 is 4.79 Å². The van der Waals surface area contributed by atoms with Gasteiger partial charge < -0.3 is 14.8 Å². The summed E-state index contributed by atoms with van der Waals surface area (Å²) < 4.78 is 0. The summed E-state index contributed by atoms with van der Waals surface area (Å²) in [5.41, 5.74) is 2.56. The fraction of sp³-hybridized carbons (Fsp3) is 0.235. The highest BCUT2D eigenvalue weighted by Gasteiger charge is 2.11. The molecule has 0 atom stereocenters. The zero-order chi connectivity index (χ0) is 16.4. The third-order valence-corrected chi connectivity index (χ3v) is 3.62. The van der Waals surface area contributed by atoms with Gasteiger partial charge in [-0.2, -0.15) is 0 Å². The number of aromatic nitrogens is 3. The molecule has 0 saturated heterocycles. The summed E-state index contributed by atoms with van der Waals surface area (Å²) in [6, 6.07) is 11.6. The number of carbonyl (C=O) groups excluding carboxylic acids is 1. The molecule has 2 aromatic heterocycles. The third-order valence-electron chi connectivity index (χ3n) is 3.62. The molecule has 1 N–H and O–H groups in total. The summed E-state index contributed by atoms with van der Waals surface area (Å²) in [4.78, 5) is 27.6. The molecular weight excluding hydrogens is 290 g/mol. The summed E-state index contributed by atoms with van der Waals surface area (Å²) in [5, 5.41) is 0. The number of hydrogen-bond donors (Lipinski definition) is 1. The number of nitrogens with one attached hydrogen (secondary N) is 1. The second-order valence-corrected chi connectivity index (χ2v) is 5.66. The molecule has 0 fully saturated rings. The molecule has 0 aliphatic carbocycles. The van der Waals surface area contributed by atoms with Crippen LogP contribution >= 0.6 is 0 Å². The second kappa shape index (κ2) is 6.08. The average molecular weight is 309 g/mol. The molecule has 23 heavy (non-hydrogen) atoms. The van der Waals surface area contributed by atoms with Gasteiger partial charge in [0, 0.05) is 27.3 Å². The molecule has 1 aromatic carbocycles. The van der Waals surface area contributed by atoms with Crippen molar-refractivity contribution in [2.45, 2.75) is 6.54 Å². The van der Waals surface area contributed by atoms with Gasteiger partial charge in [-0.05, 0) is 24.3 Å². The van der Waals surface area contributed by atoms with Gasteiger partial charge in [-0.3, -0.25) is 4.79 Å². The molecular formula is C17H19N5O. The van der Waals surface area contributed by atoms with Crippen molar-refractivity contribution in [3.63, 3.8) is 0 Å². The van der Waals surface area contributed by atoms with Crippen LogP contribution in [0.25, 0.3) is 11.0 Å². The van der Waals surface area contributed by atoms with Crippen molar-refractivity contribution in [1.82, 2.24) is 19.9 Å². The Morgan fingerprint density at radius 3 is 2.57 bits per heavy atom. The minimum Gasteiger partial charge on any atom is -0.352 e. The van der Waals surface area contributed by atoms with Gasteiger partial charge in [0.1, 0.15) is 11.6 Å². The van der Waals surface area contributed by atoms with E-state index in [2.05, 4.69) is 15.0 Å². The van der Waals surface area contributed by atoms with Crippen molar-refractivity contribution in [3.05, 3.63) is 54.0 Å². The van der Waals surface area contributed by atoms with Crippen LogP contribution in [-0.2, 0) is 6.54 Å². The molecule has 118 valence electrons. The number of nitrogens with zero attached hydrogens (tertiary/aromatic N) is 4. The van der Waals surface area contributed by atoms with Crippen molar-refractivity contribution in [2.75, 3.05) is 26.0 Å². The van der Waals surface area contributed by atoms with Crippen LogP contribution in [0.1, 0.15) is 16.2 Å². The van der Waals surface area contributed by atoms with Crippen molar-refractivity contribution in [1.29, 1.82) is 0 Å². The summed E-state index contributed by atoms with van der Waals surface area (Å²) in [5.74, 6) is 1.62. The van der Waals surface area contributed by atoms with Gasteiger partial charge in [0.05, 0.1) is 23.1 Å². The van der Waals surface area contributed by atoms with Crippen LogP contribution in [0.4, 0.5) is 5.82 Å². The largest absolute Gasteiger partial charge is 0.352 e. The zero-order valence-corrected chi connectivity index (χ0v) is 13.4. The van der Waals surface area contributed by atoms with Crippen LogP contribution in [0.5, 0.6) is 0 Å². The Hall–Kier alpha value is -2.89. The molecule has 0 spiro atoms. The number of amides is 1. The lowest BCUT2D eigenvalue weighted by molar-refractivity contribution is 0.0827. The molecule has 0 aliphatic rings. The van der Waals surface area contributed by atoms with Crippen LogP contribution < -0.4 is 4.90 Å². The van der Waals surface area contributed by atoms with Gasteiger partial charge in [-0.25, -0.2) is 9.97 Å². The number of anilines is 1. The quantitative estimate of drug-likeness (QED) is 0.803. The average Bonchev–Trinajstić information content (AvgIpc) is 2.96. The predicted octanol–water partition coefficient (Wildman–Crippen LogP) is 2.30. The Kier molecular flexibility index (Phi) is 3.97. The zero-order valence-electron chi connectivity index (χ0n) is 13.4. The number of aromatic amines is 1. The Bertz CT molecular complexity index is 789. The number of benzene rings is 1. The fourth-order valence-corrected chi connectivity index (χ4v) is 2.38. The first-order valence-electron chi connectivity index (χ1n) is 7.37. The first-order chi connectivity index (χ1) is 11.0. The Labute approximate surface area is 134 Å². The lowest BCUT2D eigenvalue weighted by atomic mass is 10.2. The molecule has 0 saturated carbocycles. The lowest BCUT2D eigenvalue weighted by Crippen LogP contribution is -2.22. The number of pyridine rings is 1. The molecule has 3 aromatic rings. The van der Waals surface area contributed by atoms with Crippen molar-refractivity contribution in [2.24, 2.45) is 0 Å². The number of carbonyl (C=O) groups is 1. The van der Waals surface area contributed by atoms with Crippen LogP contribution in [-0.4, -0.2) is 46.9 Å². The van der Waals surface area contributed by atoms with E-state index in [0.717, 1.165) is 22.7 Å². The molecule has 0 radical (unpaired) electrons. The van der Waals surface area contributed by atoms with E-state index in [1.165, 1.54) is 4.90 Å². The summed E-state index contributed by atoms with van der Waals surface area (Å²) in [7, 11) is 5.40. The van der Waals surface area contributed by atoms with Crippen LogP contribution in [0.2, 0.25) is 0 Å². The van der Waals surface area contributed by atoms with E-state index in [-0.39, 0.29) is 5.91 Å². The Balaban J connectivity index is 1.75. The van der Waals surface area contributed by atoms with E-state index < -0.39 is 0 Å². The lowest BCUT2D eigenvalue weighted by Gasteiger charge is -2.17. The molecule has 6 nitrogen and oxygen atoms in total.